The molecule has 4 unspecified atom stereocenters. The minimum absolute atomic E-state index is 0.0165. The number of nitrogens with one attached hydrogen (secondary N) is 1. The summed E-state index contributed by atoms with van der Waals surface area (Å²) in [5.74, 6) is 9.62. The van der Waals surface area contributed by atoms with Crippen molar-refractivity contribution < 1.29 is 9.21 Å². The molecule has 0 aliphatic heterocycles. The number of furan rings is 1. The van der Waals surface area contributed by atoms with Crippen LogP contribution in [0.2, 0.25) is 0 Å². The van der Waals surface area contributed by atoms with E-state index >= 15 is 0 Å². The Bertz CT molecular complexity index is 744. The Morgan fingerprint density at radius 3 is 3.04 bits per heavy atom. The van der Waals surface area contributed by atoms with Crippen molar-refractivity contribution in [2.24, 2.45) is 17.8 Å². The van der Waals surface area contributed by atoms with E-state index in [2.05, 4.69) is 22.4 Å². The van der Waals surface area contributed by atoms with E-state index < -0.39 is 0 Å². The lowest BCUT2D eigenvalue weighted by molar-refractivity contribution is -0.119. The maximum absolute atomic E-state index is 12.3. The number of carbonyl (C=O) groups excluding carboxylic acids is 1. The van der Waals surface area contributed by atoms with Crippen LogP contribution in [-0.2, 0) is 4.79 Å². The van der Waals surface area contributed by atoms with Crippen LogP contribution in [0.15, 0.2) is 28.0 Å². The number of nitrogen functional groups attached to an aromatic ring is 1. The summed E-state index contributed by atoms with van der Waals surface area (Å²) in [6.07, 6.45) is 6.88. The van der Waals surface area contributed by atoms with Crippen LogP contribution in [0.1, 0.15) is 32.6 Å². The number of amides is 1. The monoisotopic (exact) mass is 361 g/mol. The quantitative estimate of drug-likeness (QED) is 0.605. The normalized spacial score (nSPS) is 26.0. The van der Waals surface area contributed by atoms with Crippen molar-refractivity contribution in [2.75, 3.05) is 11.6 Å². The first-order chi connectivity index (χ1) is 12.1. The van der Waals surface area contributed by atoms with Gasteiger partial charge in [0.05, 0.1) is 12.0 Å². The Hall–Kier alpha value is -1.96. The minimum atomic E-state index is 0.0165. The van der Waals surface area contributed by atoms with Crippen molar-refractivity contribution in [1.29, 1.82) is 0 Å². The Labute approximate surface area is 150 Å². The molecule has 3 N–H and O–H groups in total. The van der Waals surface area contributed by atoms with Crippen LogP contribution in [0.25, 0.3) is 11.6 Å². The number of aromatic nitrogens is 3. The highest BCUT2D eigenvalue weighted by molar-refractivity contribution is 7.99. The average Bonchev–Trinajstić information content (AvgIpc) is 3.37. The van der Waals surface area contributed by atoms with Crippen molar-refractivity contribution in [3.63, 3.8) is 0 Å². The summed E-state index contributed by atoms with van der Waals surface area (Å²) in [5.41, 5.74) is 0. The molecular formula is C17H23N5O2S. The fraction of sp³-hybridized carbons (Fsp3) is 0.588. The predicted molar refractivity (Wildman–Crippen MR) is 95.1 cm³/mol. The highest BCUT2D eigenvalue weighted by atomic mass is 32.2. The number of nitrogens with zero attached hydrogens (tertiary/aromatic N) is 3. The first kappa shape index (κ1) is 16.5. The molecule has 0 spiro atoms. The van der Waals surface area contributed by atoms with Gasteiger partial charge < -0.3 is 15.6 Å². The van der Waals surface area contributed by atoms with Crippen LogP contribution in [0, 0.1) is 17.8 Å². The Morgan fingerprint density at radius 2 is 2.36 bits per heavy atom. The standard InChI is InChI=1S/C17H23N5O2S/c1-10(13-8-11-4-5-12(13)7-11)19-15(23)9-25-17-21-20-16(22(17)18)14-3-2-6-24-14/h2-3,6,10-13H,4-5,7-9,18H2,1H3,(H,19,23). The number of thioether (sulfide) groups is 1. The smallest absolute Gasteiger partial charge is 0.230 e. The van der Waals surface area contributed by atoms with Gasteiger partial charge in [-0.25, -0.2) is 4.68 Å². The lowest BCUT2D eigenvalue weighted by atomic mass is 9.84. The van der Waals surface area contributed by atoms with Gasteiger partial charge in [0.1, 0.15) is 0 Å². The number of hydrogen-bond donors (Lipinski definition) is 2. The molecule has 25 heavy (non-hydrogen) atoms. The zero-order chi connectivity index (χ0) is 17.4. The Balaban J connectivity index is 1.30. The van der Waals surface area contributed by atoms with Gasteiger partial charge in [-0.15, -0.1) is 10.2 Å². The van der Waals surface area contributed by atoms with Gasteiger partial charge in [-0.2, -0.15) is 0 Å². The second-order valence-electron chi connectivity index (χ2n) is 7.14. The van der Waals surface area contributed by atoms with Crippen molar-refractivity contribution in [2.45, 2.75) is 43.8 Å². The third kappa shape index (κ3) is 3.27. The van der Waals surface area contributed by atoms with E-state index in [-0.39, 0.29) is 17.7 Å². The van der Waals surface area contributed by atoms with E-state index in [1.165, 1.54) is 42.1 Å². The van der Waals surface area contributed by atoms with Gasteiger partial charge in [0.2, 0.25) is 16.9 Å². The summed E-state index contributed by atoms with van der Waals surface area (Å²) < 4.78 is 6.64. The molecule has 0 saturated heterocycles. The van der Waals surface area contributed by atoms with E-state index in [1.54, 1.807) is 18.4 Å². The number of rotatable bonds is 6. The van der Waals surface area contributed by atoms with Gasteiger partial charge in [-0.1, -0.05) is 18.2 Å². The van der Waals surface area contributed by atoms with Crippen molar-refractivity contribution in [3.05, 3.63) is 18.4 Å². The van der Waals surface area contributed by atoms with E-state index in [1.807, 2.05) is 0 Å². The molecule has 0 aromatic carbocycles. The zero-order valence-electron chi connectivity index (χ0n) is 14.2. The second kappa shape index (κ2) is 6.74. The van der Waals surface area contributed by atoms with Crippen LogP contribution in [0.5, 0.6) is 0 Å². The first-order valence-corrected chi connectivity index (χ1v) is 9.77. The lowest BCUT2D eigenvalue weighted by Crippen LogP contribution is -2.41. The summed E-state index contributed by atoms with van der Waals surface area (Å²) in [5, 5.41) is 11.7. The fourth-order valence-corrected chi connectivity index (χ4v) is 5.06. The van der Waals surface area contributed by atoms with E-state index in [0.717, 1.165) is 11.8 Å². The molecular weight excluding hydrogens is 338 g/mol. The zero-order valence-corrected chi connectivity index (χ0v) is 15.0. The molecule has 4 atom stereocenters. The molecule has 8 heteroatoms. The lowest BCUT2D eigenvalue weighted by Gasteiger charge is -2.28. The molecule has 2 aromatic heterocycles. The van der Waals surface area contributed by atoms with E-state index in [0.29, 0.717) is 22.7 Å². The number of nitrogens with two attached hydrogens (primary N) is 1. The van der Waals surface area contributed by atoms with Crippen LogP contribution in [0.3, 0.4) is 0 Å². The minimum Gasteiger partial charge on any atom is -0.461 e. The molecule has 7 nitrogen and oxygen atoms in total. The molecule has 0 radical (unpaired) electrons. The highest BCUT2D eigenvalue weighted by Crippen LogP contribution is 2.49. The van der Waals surface area contributed by atoms with Crippen LogP contribution in [-0.4, -0.2) is 32.6 Å². The molecule has 2 heterocycles. The van der Waals surface area contributed by atoms with Gasteiger partial charge in [0.25, 0.3) is 0 Å². The topological polar surface area (TPSA) is 99.0 Å². The molecule has 2 aliphatic rings. The second-order valence-corrected chi connectivity index (χ2v) is 8.08. The molecule has 2 fully saturated rings. The average molecular weight is 361 g/mol. The molecule has 134 valence electrons. The summed E-state index contributed by atoms with van der Waals surface area (Å²) in [6.45, 7) is 2.13. The SMILES string of the molecule is CC(NC(=O)CSc1nnc(-c2ccco2)n1N)C1CC2CCC1C2. The summed E-state index contributed by atoms with van der Waals surface area (Å²) >= 11 is 1.28. The van der Waals surface area contributed by atoms with Gasteiger partial charge in [-0.05, 0) is 56.1 Å². The fourth-order valence-electron chi connectivity index (χ4n) is 4.39. The van der Waals surface area contributed by atoms with Gasteiger partial charge in [0, 0.05) is 6.04 Å². The summed E-state index contributed by atoms with van der Waals surface area (Å²) in [6, 6.07) is 3.77. The van der Waals surface area contributed by atoms with Gasteiger partial charge in [0.15, 0.2) is 5.76 Å². The van der Waals surface area contributed by atoms with Gasteiger partial charge >= 0.3 is 0 Å². The predicted octanol–water partition coefficient (Wildman–Crippen LogP) is 2.28. The third-order valence-corrected chi connectivity index (χ3v) is 6.51. The number of fused-ring (bicyclic) bond motifs is 2. The van der Waals surface area contributed by atoms with Crippen LogP contribution >= 0.6 is 11.8 Å². The first-order valence-electron chi connectivity index (χ1n) is 8.78. The molecule has 1 amide bonds. The van der Waals surface area contributed by atoms with Crippen LogP contribution < -0.4 is 11.2 Å². The molecule has 2 aromatic rings. The van der Waals surface area contributed by atoms with Crippen LogP contribution in [0.4, 0.5) is 0 Å². The number of carbonyl (C=O) groups is 1. The van der Waals surface area contributed by atoms with Crippen molar-refractivity contribution in [1.82, 2.24) is 20.2 Å². The van der Waals surface area contributed by atoms with E-state index in [4.69, 9.17) is 10.3 Å². The Kier molecular flexibility index (Phi) is 4.45. The number of hydrogen-bond acceptors (Lipinski definition) is 6. The van der Waals surface area contributed by atoms with Crippen molar-refractivity contribution in [3.8, 4) is 11.6 Å². The van der Waals surface area contributed by atoms with Gasteiger partial charge in [-0.3, -0.25) is 4.79 Å². The van der Waals surface area contributed by atoms with E-state index in [9.17, 15) is 4.79 Å². The van der Waals surface area contributed by atoms with Crippen molar-refractivity contribution >= 4 is 17.7 Å². The summed E-state index contributed by atoms with van der Waals surface area (Å²) in [4.78, 5) is 12.3. The maximum Gasteiger partial charge on any atom is 0.230 e. The third-order valence-electron chi connectivity index (χ3n) is 5.56. The molecule has 2 aliphatic carbocycles. The Morgan fingerprint density at radius 1 is 1.48 bits per heavy atom. The largest absolute Gasteiger partial charge is 0.461 e. The molecule has 4 rings (SSSR count). The summed E-state index contributed by atoms with van der Waals surface area (Å²) in [7, 11) is 0. The molecule has 2 bridgehead atoms. The molecule has 2 saturated carbocycles. The maximum atomic E-state index is 12.3. The highest BCUT2D eigenvalue weighted by Gasteiger charge is 2.42.